The number of benzene rings is 2. The molecule has 0 spiro atoms. The van der Waals surface area contributed by atoms with Crippen LogP contribution in [0.4, 0.5) is 0 Å². The zero-order valence-electron chi connectivity index (χ0n) is 11.3. The van der Waals surface area contributed by atoms with E-state index >= 15 is 0 Å². The molecule has 0 unspecified atom stereocenters. The van der Waals surface area contributed by atoms with E-state index in [0.717, 1.165) is 16.3 Å². The van der Waals surface area contributed by atoms with Crippen molar-refractivity contribution in [3.8, 4) is 0 Å². The number of hydrogen-bond donors (Lipinski definition) is 0. The summed E-state index contributed by atoms with van der Waals surface area (Å²) in [5.74, 6) is 0. The van der Waals surface area contributed by atoms with E-state index in [2.05, 4.69) is 26.0 Å². The van der Waals surface area contributed by atoms with Gasteiger partial charge in [0.05, 0.1) is 5.52 Å². The van der Waals surface area contributed by atoms with Gasteiger partial charge in [-0.2, -0.15) is 0 Å². The second-order valence-corrected chi connectivity index (χ2v) is 5.23. The predicted molar refractivity (Wildman–Crippen MR) is 80.4 cm³/mol. The zero-order valence-corrected chi connectivity index (χ0v) is 11.3. The summed E-state index contributed by atoms with van der Waals surface area (Å²) in [7, 11) is 0. The highest BCUT2D eigenvalue weighted by molar-refractivity contribution is 5.99. The second kappa shape index (κ2) is 3.73. The Morgan fingerprint density at radius 3 is 2.65 bits per heavy atom. The van der Waals surface area contributed by atoms with Crippen LogP contribution in [0.15, 0.2) is 51.8 Å². The fourth-order valence-corrected chi connectivity index (χ4v) is 2.77. The standard InChI is InChI=1S/C17H13NO2/c1-10-7-12-9-18-14-5-3-4-6-15(14)20-17(19)16(18)13(12)8-11(10)2/h3-9H,1-2H3. The maximum atomic E-state index is 12.3. The first kappa shape index (κ1) is 11.3. The minimum atomic E-state index is -0.290. The van der Waals surface area contributed by atoms with Crippen molar-refractivity contribution in [2.45, 2.75) is 13.8 Å². The van der Waals surface area contributed by atoms with Crippen molar-refractivity contribution >= 4 is 27.4 Å². The van der Waals surface area contributed by atoms with E-state index in [1.165, 1.54) is 11.1 Å². The molecule has 0 aliphatic heterocycles. The summed E-state index contributed by atoms with van der Waals surface area (Å²) < 4.78 is 7.37. The van der Waals surface area contributed by atoms with Gasteiger partial charge >= 0.3 is 5.63 Å². The molecule has 2 heterocycles. The van der Waals surface area contributed by atoms with Gasteiger partial charge in [-0.25, -0.2) is 4.79 Å². The molecule has 0 atom stereocenters. The molecule has 0 fully saturated rings. The van der Waals surface area contributed by atoms with Gasteiger partial charge in [0.2, 0.25) is 0 Å². The number of fused-ring (bicyclic) bond motifs is 5. The Morgan fingerprint density at radius 2 is 1.80 bits per heavy atom. The molecular weight excluding hydrogens is 250 g/mol. The first-order valence-corrected chi connectivity index (χ1v) is 6.59. The highest BCUT2D eigenvalue weighted by atomic mass is 16.4. The van der Waals surface area contributed by atoms with Gasteiger partial charge in [0.15, 0.2) is 5.58 Å². The van der Waals surface area contributed by atoms with Gasteiger partial charge < -0.3 is 8.82 Å². The van der Waals surface area contributed by atoms with Crippen LogP contribution in [-0.4, -0.2) is 4.40 Å². The molecule has 0 amide bonds. The van der Waals surface area contributed by atoms with Gasteiger partial charge in [0, 0.05) is 17.0 Å². The molecule has 0 saturated heterocycles. The molecule has 20 heavy (non-hydrogen) atoms. The molecule has 0 aliphatic carbocycles. The van der Waals surface area contributed by atoms with E-state index in [1.807, 2.05) is 34.9 Å². The lowest BCUT2D eigenvalue weighted by atomic mass is 10.1. The molecule has 2 aromatic carbocycles. The third kappa shape index (κ3) is 1.37. The molecule has 98 valence electrons. The summed E-state index contributed by atoms with van der Waals surface area (Å²) >= 11 is 0. The van der Waals surface area contributed by atoms with Gasteiger partial charge in [0.25, 0.3) is 0 Å². The Morgan fingerprint density at radius 1 is 1.05 bits per heavy atom. The number of aryl methyl sites for hydroxylation is 2. The van der Waals surface area contributed by atoms with E-state index in [-0.39, 0.29) is 5.63 Å². The number of aromatic nitrogens is 1. The van der Waals surface area contributed by atoms with Crippen molar-refractivity contribution in [1.82, 2.24) is 4.40 Å². The first-order chi connectivity index (χ1) is 9.65. The Balaban J connectivity index is 2.35. The summed E-state index contributed by atoms with van der Waals surface area (Å²) in [6, 6.07) is 11.8. The van der Waals surface area contributed by atoms with Crippen molar-refractivity contribution in [2.75, 3.05) is 0 Å². The van der Waals surface area contributed by atoms with Gasteiger partial charge in [0.1, 0.15) is 5.52 Å². The van der Waals surface area contributed by atoms with E-state index in [4.69, 9.17) is 4.42 Å². The summed E-state index contributed by atoms with van der Waals surface area (Å²) in [5.41, 5.74) is 4.25. The second-order valence-electron chi connectivity index (χ2n) is 5.23. The molecule has 4 aromatic rings. The zero-order chi connectivity index (χ0) is 13.9. The van der Waals surface area contributed by atoms with E-state index < -0.39 is 0 Å². The van der Waals surface area contributed by atoms with Crippen LogP contribution in [0.5, 0.6) is 0 Å². The minimum Gasteiger partial charge on any atom is -0.420 e. The smallest absolute Gasteiger partial charge is 0.361 e. The fourth-order valence-electron chi connectivity index (χ4n) is 2.77. The maximum Gasteiger partial charge on any atom is 0.361 e. The summed E-state index contributed by atoms with van der Waals surface area (Å²) in [6.45, 7) is 4.14. The molecule has 4 rings (SSSR count). The number of hydrogen-bond acceptors (Lipinski definition) is 2. The molecular formula is C17H13NO2. The van der Waals surface area contributed by atoms with Crippen LogP contribution in [0.25, 0.3) is 27.4 Å². The van der Waals surface area contributed by atoms with Gasteiger partial charge in [-0.1, -0.05) is 12.1 Å². The van der Waals surface area contributed by atoms with Crippen LogP contribution in [0.2, 0.25) is 0 Å². The summed E-state index contributed by atoms with van der Waals surface area (Å²) in [5, 5.41) is 2.02. The largest absolute Gasteiger partial charge is 0.420 e. The minimum absolute atomic E-state index is 0.290. The monoisotopic (exact) mass is 263 g/mol. The van der Waals surface area contributed by atoms with Crippen LogP contribution < -0.4 is 5.63 Å². The van der Waals surface area contributed by atoms with Crippen LogP contribution in [0.1, 0.15) is 11.1 Å². The quantitative estimate of drug-likeness (QED) is 0.483. The Kier molecular flexibility index (Phi) is 2.11. The van der Waals surface area contributed by atoms with Gasteiger partial charge in [-0.05, 0) is 49.2 Å². The van der Waals surface area contributed by atoms with Gasteiger partial charge in [-0.3, -0.25) is 0 Å². The van der Waals surface area contributed by atoms with Crippen molar-refractivity contribution in [3.05, 3.63) is 64.1 Å². The number of rotatable bonds is 0. The third-order valence-corrected chi connectivity index (χ3v) is 3.95. The lowest BCUT2D eigenvalue weighted by molar-refractivity contribution is 0.563. The van der Waals surface area contributed by atoms with Crippen molar-refractivity contribution in [1.29, 1.82) is 0 Å². The number of para-hydroxylation sites is 2. The van der Waals surface area contributed by atoms with Crippen LogP contribution >= 0.6 is 0 Å². The number of nitrogens with zero attached hydrogens (tertiary/aromatic N) is 1. The average Bonchev–Trinajstić information content (AvgIpc) is 2.79. The molecule has 0 radical (unpaired) electrons. The van der Waals surface area contributed by atoms with E-state index in [0.29, 0.717) is 11.1 Å². The SMILES string of the molecule is Cc1cc2cn3c4ccccc4oc(=O)c3c2cc1C. The summed E-state index contributed by atoms with van der Waals surface area (Å²) in [4.78, 5) is 12.3. The van der Waals surface area contributed by atoms with E-state index in [9.17, 15) is 4.79 Å². The Bertz CT molecular complexity index is 1040. The molecule has 3 nitrogen and oxygen atoms in total. The molecule has 3 heteroatoms. The normalized spacial score (nSPS) is 11.7. The molecule has 0 N–H and O–H groups in total. The first-order valence-electron chi connectivity index (χ1n) is 6.59. The van der Waals surface area contributed by atoms with Crippen molar-refractivity contribution in [2.24, 2.45) is 0 Å². The highest BCUT2D eigenvalue weighted by Crippen LogP contribution is 2.26. The molecule has 0 aliphatic rings. The molecule has 0 bridgehead atoms. The summed E-state index contributed by atoms with van der Waals surface area (Å²) in [6.07, 6.45) is 2.01. The van der Waals surface area contributed by atoms with Crippen LogP contribution in [0, 0.1) is 13.8 Å². The predicted octanol–water partition coefficient (Wildman–Crippen LogP) is 3.82. The third-order valence-electron chi connectivity index (χ3n) is 3.95. The molecule has 0 saturated carbocycles. The van der Waals surface area contributed by atoms with Gasteiger partial charge in [-0.15, -0.1) is 0 Å². The Hall–Kier alpha value is -2.55. The average molecular weight is 263 g/mol. The highest BCUT2D eigenvalue weighted by Gasteiger charge is 2.12. The lowest BCUT2D eigenvalue weighted by Gasteiger charge is -2.01. The topological polar surface area (TPSA) is 34.6 Å². The Labute approximate surface area is 115 Å². The van der Waals surface area contributed by atoms with Crippen LogP contribution in [-0.2, 0) is 0 Å². The maximum absolute atomic E-state index is 12.3. The fraction of sp³-hybridized carbons (Fsp3) is 0.118. The van der Waals surface area contributed by atoms with Crippen molar-refractivity contribution in [3.63, 3.8) is 0 Å². The lowest BCUT2D eigenvalue weighted by Crippen LogP contribution is -2.03. The van der Waals surface area contributed by atoms with Crippen LogP contribution in [0.3, 0.4) is 0 Å². The van der Waals surface area contributed by atoms with Crippen molar-refractivity contribution < 1.29 is 4.42 Å². The molecule has 2 aromatic heterocycles. The van der Waals surface area contributed by atoms with E-state index in [1.54, 1.807) is 0 Å².